The summed E-state index contributed by atoms with van der Waals surface area (Å²) in [5.41, 5.74) is 0.918. The van der Waals surface area contributed by atoms with E-state index in [1.165, 1.54) is 0 Å². The van der Waals surface area contributed by atoms with Gasteiger partial charge in [0, 0.05) is 10.9 Å². The molecule has 1 aromatic rings. The van der Waals surface area contributed by atoms with Crippen LogP contribution >= 0.6 is 15.9 Å². The number of aliphatic carboxylic acids is 1. The lowest BCUT2D eigenvalue weighted by Crippen LogP contribution is -2.15. The van der Waals surface area contributed by atoms with E-state index < -0.39 is 12.1 Å². The second-order valence-corrected chi connectivity index (χ2v) is 3.90. The zero-order valence-electron chi connectivity index (χ0n) is 7.48. The first-order valence-corrected chi connectivity index (χ1v) is 5.02. The summed E-state index contributed by atoms with van der Waals surface area (Å²) >= 11 is 3.33. The molecular weight excluding hydrogens is 248 g/mol. The van der Waals surface area contributed by atoms with Gasteiger partial charge >= 0.3 is 5.97 Å². The summed E-state index contributed by atoms with van der Waals surface area (Å²) in [4.78, 5) is 10.3. The van der Waals surface area contributed by atoms with Gasteiger partial charge in [-0.3, -0.25) is 4.79 Å². The van der Waals surface area contributed by atoms with E-state index in [9.17, 15) is 9.90 Å². The fourth-order valence-electron chi connectivity index (χ4n) is 1.19. The summed E-state index contributed by atoms with van der Waals surface area (Å²) in [6.45, 7) is 0. The topological polar surface area (TPSA) is 57.5 Å². The third kappa shape index (κ3) is 3.47. The van der Waals surface area contributed by atoms with E-state index in [0.29, 0.717) is 6.42 Å². The Hall–Kier alpha value is -0.870. The molecule has 0 aliphatic rings. The maximum atomic E-state index is 10.3. The van der Waals surface area contributed by atoms with Crippen LogP contribution in [-0.2, 0) is 11.2 Å². The minimum Gasteiger partial charge on any atom is -0.481 e. The highest BCUT2D eigenvalue weighted by Crippen LogP contribution is 2.18. The number of aliphatic hydroxyl groups excluding tert-OH is 1. The average Bonchev–Trinajstić information content (AvgIpc) is 2.07. The van der Waals surface area contributed by atoms with Crippen molar-refractivity contribution in [3.05, 3.63) is 34.3 Å². The highest BCUT2D eigenvalue weighted by molar-refractivity contribution is 9.10. The number of hydrogen-bond donors (Lipinski definition) is 2. The van der Waals surface area contributed by atoms with Crippen LogP contribution in [0.3, 0.4) is 0 Å². The van der Waals surface area contributed by atoms with Crippen molar-refractivity contribution in [1.82, 2.24) is 0 Å². The Labute approximate surface area is 90.5 Å². The van der Waals surface area contributed by atoms with E-state index in [0.717, 1.165) is 10.0 Å². The predicted molar refractivity (Wildman–Crippen MR) is 56.1 cm³/mol. The molecule has 0 aliphatic heterocycles. The largest absolute Gasteiger partial charge is 0.481 e. The smallest absolute Gasteiger partial charge is 0.305 e. The van der Waals surface area contributed by atoms with Gasteiger partial charge < -0.3 is 10.2 Å². The second kappa shape index (κ2) is 5.12. The molecule has 1 aromatic carbocycles. The van der Waals surface area contributed by atoms with E-state index in [2.05, 4.69) is 15.9 Å². The summed E-state index contributed by atoms with van der Waals surface area (Å²) in [6, 6.07) is 7.45. The zero-order chi connectivity index (χ0) is 10.6. The Morgan fingerprint density at radius 3 is 2.64 bits per heavy atom. The van der Waals surface area contributed by atoms with Gasteiger partial charge in [-0.15, -0.1) is 0 Å². The van der Waals surface area contributed by atoms with Crippen LogP contribution in [0.25, 0.3) is 0 Å². The standard InChI is InChI=1S/C10H11BrO3/c11-9-4-2-1-3-7(9)5-8(12)6-10(13)14/h1-4,8,12H,5-6H2,(H,13,14). The fourth-order valence-corrected chi connectivity index (χ4v) is 1.64. The number of carbonyl (C=O) groups is 1. The lowest BCUT2D eigenvalue weighted by molar-refractivity contribution is -0.139. The van der Waals surface area contributed by atoms with Gasteiger partial charge in [-0.05, 0) is 11.6 Å². The summed E-state index contributed by atoms with van der Waals surface area (Å²) in [6.07, 6.45) is -0.694. The number of carboxylic acid groups (broad SMARTS) is 1. The van der Waals surface area contributed by atoms with Gasteiger partial charge in [0.05, 0.1) is 12.5 Å². The second-order valence-electron chi connectivity index (χ2n) is 3.05. The summed E-state index contributed by atoms with van der Waals surface area (Å²) in [5.74, 6) is -0.982. The fraction of sp³-hybridized carbons (Fsp3) is 0.300. The van der Waals surface area contributed by atoms with Crippen molar-refractivity contribution in [2.75, 3.05) is 0 Å². The maximum absolute atomic E-state index is 10.3. The molecule has 0 spiro atoms. The average molecular weight is 259 g/mol. The van der Waals surface area contributed by atoms with Crippen molar-refractivity contribution in [3.8, 4) is 0 Å². The van der Waals surface area contributed by atoms with Gasteiger partial charge in [-0.2, -0.15) is 0 Å². The first-order valence-electron chi connectivity index (χ1n) is 4.23. The molecule has 1 atom stereocenters. The molecule has 0 radical (unpaired) electrons. The van der Waals surface area contributed by atoms with Gasteiger partial charge in [0.15, 0.2) is 0 Å². The van der Waals surface area contributed by atoms with Crippen LogP contribution in [0.5, 0.6) is 0 Å². The molecule has 0 saturated heterocycles. The lowest BCUT2D eigenvalue weighted by atomic mass is 10.1. The minimum atomic E-state index is -0.982. The number of hydrogen-bond acceptors (Lipinski definition) is 2. The van der Waals surface area contributed by atoms with Crippen molar-refractivity contribution in [2.45, 2.75) is 18.9 Å². The van der Waals surface area contributed by atoms with Crippen LogP contribution in [0.2, 0.25) is 0 Å². The molecule has 1 unspecified atom stereocenters. The van der Waals surface area contributed by atoms with Gasteiger partial charge in [0.2, 0.25) is 0 Å². The molecule has 14 heavy (non-hydrogen) atoms. The van der Waals surface area contributed by atoms with E-state index in [4.69, 9.17) is 5.11 Å². The molecule has 0 amide bonds. The molecule has 76 valence electrons. The SMILES string of the molecule is O=C(O)CC(O)Cc1ccccc1Br. The van der Waals surface area contributed by atoms with Crippen LogP contribution in [0.1, 0.15) is 12.0 Å². The number of benzene rings is 1. The molecule has 0 bridgehead atoms. The van der Waals surface area contributed by atoms with Crippen LogP contribution in [0.4, 0.5) is 0 Å². The molecule has 3 nitrogen and oxygen atoms in total. The van der Waals surface area contributed by atoms with E-state index in [1.807, 2.05) is 24.3 Å². The normalized spacial score (nSPS) is 12.4. The Morgan fingerprint density at radius 1 is 1.43 bits per heavy atom. The van der Waals surface area contributed by atoms with Crippen LogP contribution in [-0.4, -0.2) is 22.3 Å². The van der Waals surface area contributed by atoms with Crippen LogP contribution in [0, 0.1) is 0 Å². The zero-order valence-corrected chi connectivity index (χ0v) is 9.07. The van der Waals surface area contributed by atoms with Crippen LogP contribution < -0.4 is 0 Å². The quantitative estimate of drug-likeness (QED) is 0.867. The van der Waals surface area contributed by atoms with Crippen molar-refractivity contribution >= 4 is 21.9 Å². The molecule has 0 aromatic heterocycles. The first-order chi connectivity index (χ1) is 6.59. The van der Waals surface area contributed by atoms with Crippen molar-refractivity contribution in [2.24, 2.45) is 0 Å². The Kier molecular flexibility index (Phi) is 4.10. The van der Waals surface area contributed by atoms with E-state index in [1.54, 1.807) is 0 Å². The number of rotatable bonds is 4. The third-order valence-electron chi connectivity index (χ3n) is 1.82. The number of carboxylic acids is 1. The van der Waals surface area contributed by atoms with Gasteiger partial charge in [0.1, 0.15) is 0 Å². The van der Waals surface area contributed by atoms with Crippen LogP contribution in [0.15, 0.2) is 28.7 Å². The lowest BCUT2D eigenvalue weighted by Gasteiger charge is -2.08. The maximum Gasteiger partial charge on any atom is 0.305 e. The Balaban J connectivity index is 2.60. The van der Waals surface area contributed by atoms with Crippen molar-refractivity contribution < 1.29 is 15.0 Å². The summed E-state index contributed by atoms with van der Waals surface area (Å²) < 4.78 is 0.893. The monoisotopic (exact) mass is 258 g/mol. The summed E-state index contributed by atoms with van der Waals surface area (Å²) in [5, 5.41) is 17.9. The molecule has 0 fully saturated rings. The predicted octanol–water partition coefficient (Wildman–Crippen LogP) is 1.83. The van der Waals surface area contributed by atoms with Gasteiger partial charge in [0.25, 0.3) is 0 Å². The Morgan fingerprint density at radius 2 is 2.07 bits per heavy atom. The highest BCUT2D eigenvalue weighted by Gasteiger charge is 2.11. The Bertz CT molecular complexity index is 325. The molecule has 0 heterocycles. The third-order valence-corrected chi connectivity index (χ3v) is 2.60. The molecule has 4 heteroatoms. The molecule has 1 rings (SSSR count). The van der Waals surface area contributed by atoms with Crippen molar-refractivity contribution in [3.63, 3.8) is 0 Å². The van der Waals surface area contributed by atoms with Crippen molar-refractivity contribution in [1.29, 1.82) is 0 Å². The summed E-state index contributed by atoms with van der Waals surface area (Å²) in [7, 11) is 0. The molecule has 0 aliphatic carbocycles. The molecule has 2 N–H and O–H groups in total. The molecular formula is C10H11BrO3. The minimum absolute atomic E-state index is 0.221. The highest BCUT2D eigenvalue weighted by atomic mass is 79.9. The number of halogens is 1. The van der Waals surface area contributed by atoms with Gasteiger partial charge in [-0.25, -0.2) is 0 Å². The molecule has 0 saturated carbocycles. The van der Waals surface area contributed by atoms with Gasteiger partial charge in [-0.1, -0.05) is 34.1 Å². The van der Waals surface area contributed by atoms with E-state index >= 15 is 0 Å². The number of aliphatic hydroxyl groups is 1. The first kappa shape index (κ1) is 11.2. The van der Waals surface area contributed by atoms with E-state index in [-0.39, 0.29) is 6.42 Å².